The maximum Gasteiger partial charge on any atom is 0.188 e. The molecule has 1 aliphatic rings. The van der Waals surface area contributed by atoms with Crippen LogP contribution >= 0.6 is 0 Å². The molecule has 7 aromatic rings. The highest BCUT2D eigenvalue weighted by Gasteiger charge is 2.24. The fourth-order valence-corrected chi connectivity index (χ4v) is 7.27. The van der Waals surface area contributed by atoms with Crippen LogP contribution in [-0.4, -0.2) is 22.1 Å². The van der Waals surface area contributed by atoms with Gasteiger partial charge in [0.05, 0.1) is 11.0 Å². The normalized spacial score (nSPS) is 14.1. The molecule has 0 fully saturated rings. The number of nitrogens with zero attached hydrogens (tertiary/aromatic N) is 3. The van der Waals surface area contributed by atoms with Crippen molar-refractivity contribution < 1.29 is 0 Å². The number of aryl methyl sites for hydroxylation is 2. The third-order valence-electron chi connectivity index (χ3n) is 9.91. The van der Waals surface area contributed by atoms with Gasteiger partial charge in [-0.3, -0.25) is 10.8 Å². The van der Waals surface area contributed by atoms with Crippen LogP contribution in [0.25, 0.3) is 43.8 Å². The van der Waals surface area contributed by atoms with E-state index in [1.165, 1.54) is 60.4 Å². The van der Waals surface area contributed by atoms with Gasteiger partial charge in [0.15, 0.2) is 6.29 Å². The monoisotopic (exact) mass is 651 g/mol. The van der Waals surface area contributed by atoms with Crippen LogP contribution in [0, 0.1) is 13.8 Å². The molecule has 5 heteroatoms. The number of para-hydroxylation sites is 2. The molecule has 5 nitrogen and oxygen atoms in total. The topological polar surface area (TPSA) is 58.6 Å². The Kier molecular flexibility index (Phi) is 8.59. The molecule has 50 heavy (non-hydrogen) atoms. The molecule has 1 aliphatic carbocycles. The largest absolute Gasteiger partial charge is 0.353 e. The SMILES string of the molecule is Cc1ccccc1C=NC(NC1=C(c2cc3ccccc3c3c2c2ccccc2n3-c2ccccc2)C=CCC1)N(N)Cc1ccccc1C. The molecule has 0 amide bonds. The highest BCUT2D eigenvalue weighted by Crippen LogP contribution is 2.42. The molecular formula is C45H41N5. The first-order valence-electron chi connectivity index (χ1n) is 17.4. The average Bonchev–Trinajstić information content (AvgIpc) is 3.51. The Morgan fingerprint density at radius 1 is 0.800 bits per heavy atom. The van der Waals surface area contributed by atoms with Gasteiger partial charge in [0.25, 0.3) is 0 Å². The third-order valence-corrected chi connectivity index (χ3v) is 9.91. The van der Waals surface area contributed by atoms with Crippen molar-refractivity contribution in [2.45, 2.75) is 39.5 Å². The van der Waals surface area contributed by atoms with Crippen LogP contribution in [0.2, 0.25) is 0 Å². The lowest BCUT2D eigenvalue weighted by Gasteiger charge is -2.29. The summed E-state index contributed by atoms with van der Waals surface area (Å²) in [6.07, 6.45) is 7.82. The van der Waals surface area contributed by atoms with Crippen molar-refractivity contribution >= 4 is 44.4 Å². The van der Waals surface area contributed by atoms with E-state index >= 15 is 0 Å². The number of fused-ring (bicyclic) bond motifs is 5. The molecular weight excluding hydrogens is 611 g/mol. The minimum Gasteiger partial charge on any atom is -0.353 e. The van der Waals surface area contributed by atoms with Crippen molar-refractivity contribution in [2.24, 2.45) is 10.8 Å². The van der Waals surface area contributed by atoms with Crippen LogP contribution in [0.15, 0.2) is 156 Å². The van der Waals surface area contributed by atoms with E-state index in [1.807, 2.05) is 17.3 Å². The van der Waals surface area contributed by atoms with Crippen molar-refractivity contribution in [2.75, 3.05) is 0 Å². The van der Waals surface area contributed by atoms with Gasteiger partial charge in [-0.05, 0) is 84.2 Å². The zero-order valence-electron chi connectivity index (χ0n) is 28.6. The van der Waals surface area contributed by atoms with E-state index in [2.05, 4.69) is 163 Å². The molecule has 1 heterocycles. The van der Waals surface area contributed by atoms with Gasteiger partial charge in [0.2, 0.25) is 0 Å². The van der Waals surface area contributed by atoms with Crippen LogP contribution in [0.1, 0.15) is 40.7 Å². The van der Waals surface area contributed by atoms with Crippen LogP contribution in [0.3, 0.4) is 0 Å². The highest BCUT2D eigenvalue weighted by molar-refractivity contribution is 6.23. The lowest BCUT2D eigenvalue weighted by atomic mass is 9.90. The fourth-order valence-electron chi connectivity index (χ4n) is 7.27. The van der Waals surface area contributed by atoms with Crippen molar-refractivity contribution in [3.63, 3.8) is 0 Å². The second-order valence-corrected chi connectivity index (χ2v) is 13.1. The Hall–Kier alpha value is -5.75. The fraction of sp³-hybridized carbons (Fsp3) is 0.133. The summed E-state index contributed by atoms with van der Waals surface area (Å²) < 4.78 is 2.43. The lowest BCUT2D eigenvalue weighted by Crippen LogP contribution is -2.48. The Balaban J connectivity index is 1.32. The average molecular weight is 652 g/mol. The Morgan fingerprint density at radius 2 is 1.50 bits per heavy atom. The standard InChI is InChI=1S/C45H41N5/c1-31-16-6-8-19-34(31)29-47-45(49(46)30-35-20-9-7-17-32(35)2)48-41-26-14-12-24-38(41)40-28-33-18-10-11-23-37(33)44-43(40)39-25-13-15-27-42(39)50(44)36-21-4-3-5-22-36/h3-13,15-25,27-29,45,48H,14,26,30,46H2,1-2H3. The summed E-state index contributed by atoms with van der Waals surface area (Å²) in [6, 6.07) is 47.3. The number of aliphatic imine (C=N–C) groups is 1. The van der Waals surface area contributed by atoms with Crippen LogP contribution < -0.4 is 11.2 Å². The molecule has 1 atom stereocenters. The zero-order valence-corrected chi connectivity index (χ0v) is 28.6. The minimum atomic E-state index is -0.493. The van der Waals surface area contributed by atoms with Crippen LogP contribution in [-0.2, 0) is 6.54 Å². The number of nitrogens with one attached hydrogen (secondary N) is 1. The second kappa shape index (κ2) is 13.6. The third kappa shape index (κ3) is 5.91. The molecule has 6 aromatic carbocycles. The zero-order chi connectivity index (χ0) is 34.0. The summed E-state index contributed by atoms with van der Waals surface area (Å²) in [4.78, 5) is 5.11. The van der Waals surface area contributed by atoms with E-state index in [0.29, 0.717) is 6.54 Å². The number of benzene rings is 6. The Bertz CT molecular complexity index is 2430. The van der Waals surface area contributed by atoms with Gasteiger partial charge in [-0.15, -0.1) is 0 Å². The smallest absolute Gasteiger partial charge is 0.188 e. The van der Waals surface area contributed by atoms with E-state index in [0.717, 1.165) is 29.8 Å². The molecule has 1 unspecified atom stereocenters. The van der Waals surface area contributed by atoms with Crippen LogP contribution in [0.4, 0.5) is 0 Å². The number of hydrazine groups is 1. The molecule has 0 spiro atoms. The van der Waals surface area contributed by atoms with Crippen molar-refractivity contribution in [1.82, 2.24) is 14.9 Å². The van der Waals surface area contributed by atoms with E-state index in [4.69, 9.17) is 10.8 Å². The highest BCUT2D eigenvalue weighted by atomic mass is 15.5. The lowest BCUT2D eigenvalue weighted by molar-refractivity contribution is 0.174. The summed E-state index contributed by atoms with van der Waals surface area (Å²) in [6.45, 7) is 4.80. The number of hydrogen-bond acceptors (Lipinski definition) is 4. The molecule has 0 saturated heterocycles. The van der Waals surface area contributed by atoms with Crippen molar-refractivity contribution in [3.05, 3.63) is 179 Å². The van der Waals surface area contributed by atoms with E-state index in [1.54, 1.807) is 0 Å². The van der Waals surface area contributed by atoms with Gasteiger partial charge in [-0.25, -0.2) is 5.01 Å². The predicted octanol–water partition coefficient (Wildman–Crippen LogP) is 9.98. The van der Waals surface area contributed by atoms with E-state index < -0.39 is 6.29 Å². The molecule has 0 radical (unpaired) electrons. The Morgan fingerprint density at radius 3 is 2.32 bits per heavy atom. The number of hydrogen-bond donors (Lipinski definition) is 2. The van der Waals surface area contributed by atoms with E-state index in [-0.39, 0.29) is 0 Å². The molecule has 0 aliphatic heterocycles. The first-order chi connectivity index (χ1) is 24.6. The van der Waals surface area contributed by atoms with Gasteiger partial charge >= 0.3 is 0 Å². The summed E-state index contributed by atoms with van der Waals surface area (Å²) in [5.74, 6) is 6.94. The van der Waals surface area contributed by atoms with Crippen LogP contribution in [0.5, 0.6) is 0 Å². The first-order valence-corrected chi connectivity index (χ1v) is 17.4. The van der Waals surface area contributed by atoms with Gasteiger partial charge < -0.3 is 9.88 Å². The molecule has 3 N–H and O–H groups in total. The molecule has 0 saturated carbocycles. The molecule has 8 rings (SSSR count). The summed E-state index contributed by atoms with van der Waals surface area (Å²) >= 11 is 0. The predicted molar refractivity (Wildman–Crippen MR) is 210 cm³/mol. The summed E-state index contributed by atoms with van der Waals surface area (Å²) in [5.41, 5.74) is 11.7. The summed E-state index contributed by atoms with van der Waals surface area (Å²) in [5, 5.41) is 10.6. The van der Waals surface area contributed by atoms with Gasteiger partial charge in [-0.2, -0.15) is 0 Å². The van der Waals surface area contributed by atoms with Crippen molar-refractivity contribution in [3.8, 4) is 5.69 Å². The summed E-state index contributed by atoms with van der Waals surface area (Å²) in [7, 11) is 0. The number of nitrogens with two attached hydrogens (primary N) is 1. The van der Waals surface area contributed by atoms with E-state index in [9.17, 15) is 0 Å². The second-order valence-electron chi connectivity index (χ2n) is 13.1. The quantitative estimate of drug-likeness (QED) is 0.0707. The molecule has 246 valence electrons. The van der Waals surface area contributed by atoms with Crippen molar-refractivity contribution in [1.29, 1.82) is 0 Å². The maximum absolute atomic E-state index is 6.94. The Labute approximate surface area is 293 Å². The van der Waals surface area contributed by atoms with Gasteiger partial charge in [0, 0.05) is 45.9 Å². The number of allylic oxidation sites excluding steroid dienone is 4. The number of aromatic nitrogens is 1. The van der Waals surface area contributed by atoms with Gasteiger partial charge in [-0.1, -0.05) is 121 Å². The van der Waals surface area contributed by atoms with Gasteiger partial charge in [0.1, 0.15) is 0 Å². The molecule has 0 bridgehead atoms. The maximum atomic E-state index is 6.94. The molecule has 1 aromatic heterocycles. The minimum absolute atomic E-state index is 0.493. The number of rotatable bonds is 9. The first kappa shape index (κ1) is 31.5.